The first kappa shape index (κ1) is 6.27. The van der Waals surface area contributed by atoms with E-state index >= 15 is 0 Å². The normalized spacial score (nSPS) is 9.11. The van der Waals surface area contributed by atoms with Gasteiger partial charge >= 0.3 is 0 Å². The lowest BCUT2D eigenvalue weighted by atomic mass is 9.74. The molecule has 0 spiro atoms. The Morgan fingerprint density at radius 2 is 2.44 bits per heavy atom. The average Bonchev–Trinajstić information content (AvgIpc) is 1.89. The van der Waals surface area contributed by atoms with E-state index in [1.54, 1.807) is 26.2 Å². The van der Waals surface area contributed by atoms with Crippen molar-refractivity contribution in [1.29, 1.82) is 0 Å². The molecule has 0 amide bonds. The minimum absolute atomic E-state index is 0.403. The van der Waals surface area contributed by atoms with Crippen LogP contribution in [0.3, 0.4) is 0 Å². The Kier molecular flexibility index (Phi) is 1.83. The third-order valence-corrected chi connectivity index (χ3v) is 1.10. The van der Waals surface area contributed by atoms with Gasteiger partial charge in [-0.1, -0.05) is 12.9 Å². The summed E-state index contributed by atoms with van der Waals surface area (Å²) in [6.07, 6.45) is 1.43. The summed E-state index contributed by atoms with van der Waals surface area (Å²) in [7, 11) is 1.68. The Labute approximate surface area is 54.2 Å². The second-order valence-corrected chi connectivity index (χ2v) is 1.67. The Bertz CT molecular complexity index is 202. The molecule has 0 bridgehead atoms. The largest absolute Gasteiger partial charge is 0.229 e. The lowest BCUT2D eigenvalue weighted by Gasteiger charge is -1.92. The summed E-state index contributed by atoms with van der Waals surface area (Å²) < 4.78 is 12.4. The van der Waals surface area contributed by atoms with Gasteiger partial charge in [-0.25, -0.2) is 4.98 Å². The van der Waals surface area contributed by atoms with Crippen LogP contribution in [0.1, 0.15) is 0 Å². The van der Waals surface area contributed by atoms with E-state index in [1.165, 1.54) is 6.20 Å². The second kappa shape index (κ2) is 2.62. The highest BCUT2D eigenvalue weighted by Crippen LogP contribution is 1.84. The minimum atomic E-state index is -0.403. The number of hydrogen-bond acceptors (Lipinski definition) is 1. The van der Waals surface area contributed by atoms with Crippen molar-refractivity contribution < 1.29 is 4.39 Å². The van der Waals surface area contributed by atoms with E-state index in [1.807, 2.05) is 0 Å². The molecule has 1 rings (SSSR count). The molecule has 0 aliphatic rings. The fourth-order valence-corrected chi connectivity index (χ4v) is 0.614. The summed E-state index contributed by atoms with van der Waals surface area (Å²) in [6.45, 7) is 1.78. The van der Waals surface area contributed by atoms with E-state index in [4.69, 9.17) is 0 Å². The van der Waals surface area contributed by atoms with Crippen molar-refractivity contribution in [3.8, 4) is 0 Å². The van der Waals surface area contributed by atoms with E-state index < -0.39 is 5.95 Å². The molecule has 0 fully saturated rings. The Morgan fingerprint density at radius 3 is 2.89 bits per heavy atom. The van der Waals surface area contributed by atoms with Crippen LogP contribution in [0.2, 0.25) is 6.82 Å². The summed E-state index contributed by atoms with van der Waals surface area (Å²) in [4.78, 5) is 3.45. The summed E-state index contributed by atoms with van der Waals surface area (Å²) in [5, 5.41) is 0. The lowest BCUT2D eigenvalue weighted by molar-refractivity contribution is 0.592. The molecule has 1 radical (unpaired) electrons. The Balaban J connectivity index is 3.01. The molecule has 0 atom stereocenters. The van der Waals surface area contributed by atoms with Crippen molar-refractivity contribution in [2.75, 3.05) is 0 Å². The van der Waals surface area contributed by atoms with Gasteiger partial charge in [0.25, 0.3) is 0 Å². The van der Waals surface area contributed by atoms with Crippen molar-refractivity contribution >= 4 is 12.7 Å². The molecule has 45 valence electrons. The summed E-state index contributed by atoms with van der Waals surface area (Å²) >= 11 is 0. The van der Waals surface area contributed by atoms with Crippen LogP contribution in [0.25, 0.3) is 0 Å². The Morgan fingerprint density at radius 1 is 1.67 bits per heavy atom. The SMILES string of the molecule is C[B]c1cccnc1F. The zero-order valence-corrected chi connectivity index (χ0v) is 5.13. The fraction of sp³-hybridized carbons (Fsp3) is 0.167. The molecule has 0 aromatic carbocycles. The van der Waals surface area contributed by atoms with Crippen LogP contribution in [0.5, 0.6) is 0 Å². The molecule has 9 heavy (non-hydrogen) atoms. The van der Waals surface area contributed by atoms with E-state index in [-0.39, 0.29) is 0 Å². The number of rotatable bonds is 1. The number of halogens is 1. The third kappa shape index (κ3) is 1.28. The third-order valence-electron chi connectivity index (χ3n) is 1.10. The molecule has 0 saturated heterocycles. The predicted octanol–water partition coefficient (Wildman–Crippen LogP) is 0.598. The topological polar surface area (TPSA) is 12.9 Å². The van der Waals surface area contributed by atoms with E-state index in [0.29, 0.717) is 5.46 Å². The standard InChI is InChI=1S/C6H6BFN/c1-7-5-3-2-4-9-6(5)8/h2-4H,1H3. The van der Waals surface area contributed by atoms with Crippen LogP contribution >= 0.6 is 0 Å². The molecule has 1 nitrogen and oxygen atoms in total. The molecule has 0 aliphatic heterocycles. The van der Waals surface area contributed by atoms with Crippen molar-refractivity contribution in [2.45, 2.75) is 6.82 Å². The first-order chi connectivity index (χ1) is 4.34. The zero-order chi connectivity index (χ0) is 6.69. The van der Waals surface area contributed by atoms with Crippen molar-refractivity contribution in [3.05, 3.63) is 24.3 Å². The molecular weight excluding hydrogens is 116 g/mol. The number of aromatic nitrogens is 1. The van der Waals surface area contributed by atoms with Gasteiger partial charge in [0.15, 0.2) is 7.28 Å². The highest BCUT2D eigenvalue weighted by atomic mass is 19.1. The summed E-state index contributed by atoms with van der Waals surface area (Å²) in [5.74, 6) is -0.403. The number of hydrogen-bond donors (Lipinski definition) is 0. The predicted molar refractivity (Wildman–Crippen MR) is 35.4 cm³/mol. The van der Waals surface area contributed by atoms with Crippen LogP contribution in [0.15, 0.2) is 18.3 Å². The van der Waals surface area contributed by atoms with E-state index in [0.717, 1.165) is 0 Å². The second-order valence-electron chi connectivity index (χ2n) is 1.67. The van der Waals surface area contributed by atoms with Gasteiger partial charge in [0.05, 0.1) is 0 Å². The Hall–Kier alpha value is -0.855. The number of pyridine rings is 1. The van der Waals surface area contributed by atoms with Crippen LogP contribution in [0.4, 0.5) is 4.39 Å². The quantitative estimate of drug-likeness (QED) is 0.392. The van der Waals surface area contributed by atoms with Gasteiger partial charge in [-0.15, -0.1) is 0 Å². The van der Waals surface area contributed by atoms with Gasteiger partial charge in [-0.05, 0) is 11.5 Å². The molecule has 1 aromatic rings. The molecular formula is C6H6BFN. The molecule has 0 unspecified atom stereocenters. The van der Waals surface area contributed by atoms with Crippen LogP contribution in [-0.2, 0) is 0 Å². The molecule has 3 heteroatoms. The molecule has 0 aliphatic carbocycles. The maximum absolute atomic E-state index is 12.4. The first-order valence-corrected chi connectivity index (χ1v) is 2.74. The van der Waals surface area contributed by atoms with Gasteiger partial charge in [0.1, 0.15) is 0 Å². The van der Waals surface area contributed by atoms with E-state index in [9.17, 15) is 4.39 Å². The van der Waals surface area contributed by atoms with Crippen molar-refractivity contribution in [1.82, 2.24) is 4.98 Å². The van der Waals surface area contributed by atoms with Gasteiger partial charge in [-0.2, -0.15) is 4.39 Å². The average molecular weight is 122 g/mol. The van der Waals surface area contributed by atoms with Crippen LogP contribution < -0.4 is 5.46 Å². The smallest absolute Gasteiger partial charge is 0.206 e. The monoisotopic (exact) mass is 122 g/mol. The van der Waals surface area contributed by atoms with Crippen molar-refractivity contribution in [2.24, 2.45) is 0 Å². The molecule has 0 saturated carbocycles. The fourth-order valence-electron chi connectivity index (χ4n) is 0.614. The van der Waals surface area contributed by atoms with Gasteiger partial charge < -0.3 is 0 Å². The molecule has 1 aromatic heterocycles. The van der Waals surface area contributed by atoms with Crippen LogP contribution in [0, 0.1) is 5.95 Å². The van der Waals surface area contributed by atoms with Gasteiger partial charge in [0, 0.05) is 6.20 Å². The zero-order valence-electron chi connectivity index (χ0n) is 5.13. The first-order valence-electron chi connectivity index (χ1n) is 2.74. The highest BCUT2D eigenvalue weighted by Gasteiger charge is 1.96. The highest BCUT2D eigenvalue weighted by molar-refractivity contribution is 6.51. The molecule has 0 N–H and O–H groups in total. The van der Waals surface area contributed by atoms with E-state index in [2.05, 4.69) is 4.98 Å². The maximum Gasteiger partial charge on any atom is 0.206 e. The molecule has 1 heterocycles. The van der Waals surface area contributed by atoms with Gasteiger partial charge in [0.2, 0.25) is 5.95 Å². The summed E-state index contributed by atoms with van der Waals surface area (Å²) in [6, 6.07) is 3.39. The maximum atomic E-state index is 12.4. The summed E-state index contributed by atoms with van der Waals surface area (Å²) in [5.41, 5.74) is 0.553. The lowest BCUT2D eigenvalue weighted by Crippen LogP contribution is -2.16. The minimum Gasteiger partial charge on any atom is -0.229 e. The van der Waals surface area contributed by atoms with Crippen molar-refractivity contribution in [3.63, 3.8) is 0 Å². The van der Waals surface area contributed by atoms with Crippen LogP contribution in [-0.4, -0.2) is 12.3 Å². The number of nitrogens with zero attached hydrogens (tertiary/aromatic N) is 1. The van der Waals surface area contributed by atoms with Gasteiger partial charge in [-0.3, -0.25) is 0 Å².